The van der Waals surface area contributed by atoms with Crippen molar-refractivity contribution in [2.45, 2.75) is 11.7 Å². The van der Waals surface area contributed by atoms with E-state index in [9.17, 15) is 0 Å². The topological polar surface area (TPSA) is 74.1 Å². The molecule has 9 heteroatoms. The quantitative estimate of drug-likeness (QED) is 0.421. The molecule has 0 aliphatic carbocycles. The molecule has 136 valence electrons. The molecule has 26 heavy (non-hydrogen) atoms. The summed E-state index contributed by atoms with van der Waals surface area (Å²) in [6.45, 7) is 1.93. The van der Waals surface area contributed by atoms with Crippen LogP contribution < -0.4 is 27.2 Å². The normalized spacial score (nSPS) is 12.0. The molecule has 0 spiro atoms. The van der Waals surface area contributed by atoms with Crippen molar-refractivity contribution in [3.63, 3.8) is 0 Å². The first kappa shape index (κ1) is 18.5. The first-order valence-corrected chi connectivity index (χ1v) is 8.94. The number of nitrogens with zero attached hydrogens (tertiary/aromatic N) is 4. The third kappa shape index (κ3) is 4.27. The lowest BCUT2D eigenvalue weighted by molar-refractivity contribution is -0.00000668. The van der Waals surface area contributed by atoms with Crippen LogP contribution in [0.15, 0.2) is 53.7 Å². The summed E-state index contributed by atoms with van der Waals surface area (Å²) >= 11 is 1.62. The highest BCUT2D eigenvalue weighted by atomic mass is 35.5. The number of rotatable bonds is 7. The Balaban J connectivity index is 0.00000196. The molecule has 2 aromatic carbocycles. The van der Waals surface area contributed by atoms with Crippen molar-refractivity contribution < 1.29 is 21.9 Å². The molecule has 0 bridgehead atoms. The standard InChI is InChI=1S/C17H17N5O2S.ClH/c1-2-4-14(5-3-1)22-17(19-20-21-22)25-9-8-18-11-13-6-7-15-16(10-13)24-12-23-15;/h1-7,10,18H,8-9,11-12H2;1H/p-1. The van der Waals surface area contributed by atoms with Crippen LogP contribution in [0.4, 0.5) is 0 Å². The number of halogens is 1. The van der Waals surface area contributed by atoms with Gasteiger partial charge >= 0.3 is 0 Å². The molecule has 3 aromatic rings. The largest absolute Gasteiger partial charge is 1.00 e. The molecule has 0 fully saturated rings. The van der Waals surface area contributed by atoms with E-state index in [1.807, 2.05) is 48.5 Å². The molecule has 0 saturated carbocycles. The zero-order valence-corrected chi connectivity index (χ0v) is 15.4. The molecule has 1 N–H and O–H groups in total. The van der Waals surface area contributed by atoms with Gasteiger partial charge in [0, 0.05) is 18.8 Å². The smallest absolute Gasteiger partial charge is 0.231 e. The molecular formula is C17H17ClN5O2S-. The van der Waals surface area contributed by atoms with Crippen molar-refractivity contribution in [1.82, 2.24) is 25.5 Å². The lowest BCUT2D eigenvalue weighted by Crippen LogP contribution is -3.00. The number of thioether (sulfide) groups is 1. The average molecular weight is 391 g/mol. The molecule has 0 unspecified atom stereocenters. The Kier molecular flexibility index (Phi) is 6.32. The highest BCUT2D eigenvalue weighted by Crippen LogP contribution is 2.32. The zero-order valence-electron chi connectivity index (χ0n) is 13.8. The maximum atomic E-state index is 5.39. The van der Waals surface area contributed by atoms with Crippen LogP contribution in [0.1, 0.15) is 5.56 Å². The second-order valence-corrected chi connectivity index (χ2v) is 6.48. The minimum absolute atomic E-state index is 0. The molecular weight excluding hydrogens is 374 g/mol. The molecule has 0 amide bonds. The summed E-state index contributed by atoms with van der Waals surface area (Å²) in [5, 5.41) is 16.1. The summed E-state index contributed by atoms with van der Waals surface area (Å²) in [6.07, 6.45) is 0. The van der Waals surface area contributed by atoms with Crippen LogP contribution in [0.25, 0.3) is 5.69 Å². The van der Waals surface area contributed by atoms with E-state index in [0.29, 0.717) is 6.79 Å². The first-order valence-electron chi connectivity index (χ1n) is 7.96. The van der Waals surface area contributed by atoms with Gasteiger partial charge in [-0.25, -0.2) is 0 Å². The Hall–Kier alpha value is -2.29. The van der Waals surface area contributed by atoms with Gasteiger partial charge in [0.1, 0.15) is 0 Å². The Morgan fingerprint density at radius 3 is 2.81 bits per heavy atom. The van der Waals surface area contributed by atoms with E-state index in [1.54, 1.807) is 16.4 Å². The van der Waals surface area contributed by atoms with E-state index >= 15 is 0 Å². The van der Waals surface area contributed by atoms with Gasteiger partial charge in [-0.3, -0.25) is 0 Å². The van der Waals surface area contributed by atoms with E-state index in [4.69, 9.17) is 9.47 Å². The summed E-state index contributed by atoms with van der Waals surface area (Å²) in [4.78, 5) is 0. The third-order valence-electron chi connectivity index (χ3n) is 3.72. The van der Waals surface area contributed by atoms with Crippen LogP contribution in [0, 0.1) is 0 Å². The Morgan fingerprint density at radius 1 is 1.08 bits per heavy atom. The monoisotopic (exact) mass is 390 g/mol. The van der Waals surface area contributed by atoms with E-state index in [1.165, 1.54) is 5.56 Å². The molecule has 0 saturated heterocycles. The van der Waals surface area contributed by atoms with Crippen LogP contribution >= 0.6 is 11.8 Å². The Labute approximate surface area is 161 Å². The Bertz CT molecular complexity index is 846. The SMILES string of the molecule is [Cl-].c1ccc(-n2nnnc2SCCNCc2ccc3c(c2)OCO3)cc1. The predicted molar refractivity (Wildman–Crippen MR) is 94.1 cm³/mol. The van der Waals surface area contributed by atoms with Crippen molar-refractivity contribution in [3.8, 4) is 17.2 Å². The van der Waals surface area contributed by atoms with Crippen LogP contribution in [-0.2, 0) is 6.54 Å². The first-order chi connectivity index (χ1) is 12.4. The highest BCUT2D eigenvalue weighted by molar-refractivity contribution is 7.99. The number of ether oxygens (including phenoxy) is 2. The number of benzene rings is 2. The van der Waals surface area contributed by atoms with Gasteiger partial charge < -0.3 is 27.2 Å². The molecule has 0 radical (unpaired) electrons. The van der Waals surface area contributed by atoms with Crippen molar-refractivity contribution >= 4 is 11.8 Å². The summed E-state index contributed by atoms with van der Waals surface area (Å²) in [6, 6.07) is 15.9. The lowest BCUT2D eigenvalue weighted by atomic mass is 10.2. The van der Waals surface area contributed by atoms with Crippen LogP contribution in [0.5, 0.6) is 11.5 Å². The van der Waals surface area contributed by atoms with Gasteiger partial charge in [-0.1, -0.05) is 36.0 Å². The molecule has 0 atom stereocenters. The van der Waals surface area contributed by atoms with E-state index in [0.717, 1.165) is 41.2 Å². The van der Waals surface area contributed by atoms with Crippen molar-refractivity contribution in [1.29, 1.82) is 0 Å². The maximum Gasteiger partial charge on any atom is 0.231 e. The lowest BCUT2D eigenvalue weighted by Gasteiger charge is -2.06. The van der Waals surface area contributed by atoms with Gasteiger partial charge in [0.2, 0.25) is 11.9 Å². The van der Waals surface area contributed by atoms with Crippen molar-refractivity contribution in [2.75, 3.05) is 19.1 Å². The molecule has 1 aromatic heterocycles. The summed E-state index contributed by atoms with van der Waals surface area (Å²) < 4.78 is 12.5. The number of fused-ring (bicyclic) bond motifs is 1. The second-order valence-electron chi connectivity index (χ2n) is 5.42. The van der Waals surface area contributed by atoms with Gasteiger partial charge in [0.05, 0.1) is 5.69 Å². The average Bonchev–Trinajstić information content (AvgIpc) is 3.31. The van der Waals surface area contributed by atoms with Crippen LogP contribution in [-0.4, -0.2) is 39.3 Å². The van der Waals surface area contributed by atoms with E-state index in [-0.39, 0.29) is 12.4 Å². The van der Waals surface area contributed by atoms with E-state index in [2.05, 4.69) is 20.8 Å². The van der Waals surface area contributed by atoms with E-state index < -0.39 is 0 Å². The zero-order chi connectivity index (χ0) is 16.9. The second kappa shape index (κ2) is 8.88. The fraction of sp³-hybridized carbons (Fsp3) is 0.235. The summed E-state index contributed by atoms with van der Waals surface area (Å²) in [5.74, 6) is 2.50. The molecule has 7 nitrogen and oxygen atoms in total. The van der Waals surface area contributed by atoms with Crippen LogP contribution in [0.2, 0.25) is 0 Å². The highest BCUT2D eigenvalue weighted by Gasteiger charge is 2.13. The molecule has 1 aliphatic heterocycles. The summed E-state index contributed by atoms with van der Waals surface area (Å²) in [7, 11) is 0. The minimum Gasteiger partial charge on any atom is -1.00 e. The van der Waals surface area contributed by atoms with Crippen molar-refractivity contribution in [3.05, 3.63) is 54.1 Å². The fourth-order valence-electron chi connectivity index (χ4n) is 2.50. The summed E-state index contributed by atoms with van der Waals surface area (Å²) in [5.41, 5.74) is 2.13. The van der Waals surface area contributed by atoms with Crippen molar-refractivity contribution in [2.24, 2.45) is 0 Å². The third-order valence-corrected chi connectivity index (χ3v) is 4.64. The van der Waals surface area contributed by atoms with Gasteiger partial charge in [0.15, 0.2) is 11.5 Å². The number of tetrazole rings is 1. The maximum absolute atomic E-state index is 5.39. The number of hydrogen-bond acceptors (Lipinski definition) is 7. The van der Waals surface area contributed by atoms with Crippen LogP contribution in [0.3, 0.4) is 0 Å². The molecule has 1 aliphatic rings. The number of nitrogens with one attached hydrogen (secondary N) is 1. The predicted octanol–water partition coefficient (Wildman–Crippen LogP) is -0.723. The van der Waals surface area contributed by atoms with Gasteiger partial charge in [-0.15, -0.1) is 5.10 Å². The fourth-order valence-corrected chi connectivity index (χ4v) is 3.29. The Morgan fingerprint density at radius 2 is 1.92 bits per heavy atom. The van der Waals surface area contributed by atoms with Gasteiger partial charge in [-0.2, -0.15) is 4.68 Å². The van der Waals surface area contributed by atoms with Gasteiger partial charge in [0.25, 0.3) is 0 Å². The number of para-hydroxylation sites is 1. The number of aromatic nitrogens is 4. The van der Waals surface area contributed by atoms with Gasteiger partial charge in [-0.05, 0) is 40.3 Å². The molecule has 2 heterocycles. The number of hydrogen-bond donors (Lipinski definition) is 1. The molecule has 4 rings (SSSR count). The minimum atomic E-state index is 0.